The number of carbonyl (C=O) groups excluding carboxylic acids is 4. The Bertz CT molecular complexity index is 1150. The number of hydrogen-bond acceptors (Lipinski definition) is 5. The first kappa shape index (κ1) is 24.0. The van der Waals surface area contributed by atoms with Crippen molar-refractivity contribution < 1.29 is 23.9 Å². The number of nitrogens with zero attached hydrogens (tertiary/aromatic N) is 1. The second kappa shape index (κ2) is 10.4. The number of benzene rings is 2. The Morgan fingerprint density at radius 2 is 2.00 bits per heavy atom. The van der Waals surface area contributed by atoms with Gasteiger partial charge in [0.05, 0.1) is 13.2 Å². The van der Waals surface area contributed by atoms with Crippen molar-refractivity contribution in [3.63, 3.8) is 0 Å². The van der Waals surface area contributed by atoms with Crippen LogP contribution < -0.4 is 10.1 Å². The van der Waals surface area contributed by atoms with Crippen LogP contribution in [0, 0.1) is 6.92 Å². The van der Waals surface area contributed by atoms with E-state index < -0.39 is 11.9 Å². The van der Waals surface area contributed by atoms with E-state index in [0.29, 0.717) is 55.0 Å². The van der Waals surface area contributed by atoms with Gasteiger partial charge in [-0.1, -0.05) is 29.8 Å². The van der Waals surface area contributed by atoms with Crippen LogP contribution >= 0.6 is 11.6 Å². The molecule has 0 spiro atoms. The fraction of sp³-hybridized carbons (Fsp3) is 0.385. The lowest BCUT2D eigenvalue weighted by Crippen LogP contribution is -2.52. The number of hydrogen-bond donors (Lipinski definition) is 1. The van der Waals surface area contributed by atoms with E-state index in [-0.39, 0.29) is 30.6 Å². The number of unbranched alkanes of at least 4 members (excludes halogenated alkanes) is 1. The Morgan fingerprint density at radius 3 is 2.76 bits per heavy atom. The summed E-state index contributed by atoms with van der Waals surface area (Å²) in [5, 5.41) is 2.98. The summed E-state index contributed by atoms with van der Waals surface area (Å²) < 4.78 is 5.94. The zero-order chi connectivity index (χ0) is 24.2. The van der Waals surface area contributed by atoms with Crippen molar-refractivity contribution in [1.82, 2.24) is 10.2 Å². The summed E-state index contributed by atoms with van der Waals surface area (Å²) in [5.41, 5.74) is 3.19. The summed E-state index contributed by atoms with van der Waals surface area (Å²) in [5.74, 6) is -0.197. The molecule has 2 aliphatic rings. The number of aryl methyl sites for hydroxylation is 1. The van der Waals surface area contributed by atoms with Crippen LogP contribution in [0.5, 0.6) is 5.75 Å². The minimum atomic E-state index is -0.653. The predicted molar refractivity (Wildman–Crippen MR) is 127 cm³/mol. The second-order valence-corrected chi connectivity index (χ2v) is 9.19. The maximum atomic E-state index is 12.9. The SMILES string of the molecule is Cc1ccc(CC(=O)CCCCOc2cccc3c2CN(C2CCC(=O)NC2=O)C3=O)cc1Cl. The third-order valence-electron chi connectivity index (χ3n) is 6.28. The lowest BCUT2D eigenvalue weighted by molar-refractivity contribution is -0.137. The molecule has 0 bridgehead atoms. The van der Waals surface area contributed by atoms with Crippen LogP contribution in [0.25, 0.3) is 0 Å². The van der Waals surface area contributed by atoms with Crippen molar-refractivity contribution in [1.29, 1.82) is 0 Å². The van der Waals surface area contributed by atoms with Crippen LogP contribution in [0.4, 0.5) is 0 Å². The molecule has 0 saturated carbocycles. The molecule has 0 aromatic heterocycles. The molecule has 2 aromatic carbocycles. The number of carbonyl (C=O) groups is 4. The maximum absolute atomic E-state index is 12.9. The predicted octanol–water partition coefficient (Wildman–Crippen LogP) is 3.77. The maximum Gasteiger partial charge on any atom is 0.255 e. The molecule has 8 heteroatoms. The molecule has 7 nitrogen and oxygen atoms in total. The molecule has 1 N–H and O–H groups in total. The summed E-state index contributed by atoms with van der Waals surface area (Å²) in [6.45, 7) is 2.62. The fourth-order valence-corrected chi connectivity index (χ4v) is 4.56. The topological polar surface area (TPSA) is 92.8 Å². The summed E-state index contributed by atoms with van der Waals surface area (Å²) in [4.78, 5) is 50.3. The molecule has 1 atom stereocenters. The Hall–Kier alpha value is -3.19. The minimum absolute atomic E-state index is 0.158. The molecule has 1 saturated heterocycles. The van der Waals surface area contributed by atoms with Crippen molar-refractivity contribution in [2.75, 3.05) is 6.61 Å². The van der Waals surface area contributed by atoms with Gasteiger partial charge in [-0.15, -0.1) is 0 Å². The summed E-state index contributed by atoms with van der Waals surface area (Å²) in [6.07, 6.45) is 2.78. The van der Waals surface area contributed by atoms with Crippen LogP contribution in [0.2, 0.25) is 5.02 Å². The monoisotopic (exact) mass is 482 g/mol. The third kappa shape index (κ3) is 5.30. The largest absolute Gasteiger partial charge is 0.493 e. The van der Waals surface area contributed by atoms with Crippen molar-refractivity contribution in [3.8, 4) is 5.75 Å². The molecule has 2 aliphatic heterocycles. The van der Waals surface area contributed by atoms with Gasteiger partial charge in [0.25, 0.3) is 5.91 Å². The van der Waals surface area contributed by atoms with E-state index in [1.807, 2.05) is 31.2 Å². The van der Waals surface area contributed by atoms with Crippen LogP contribution in [0.15, 0.2) is 36.4 Å². The van der Waals surface area contributed by atoms with Crippen LogP contribution in [-0.2, 0) is 27.3 Å². The summed E-state index contributed by atoms with van der Waals surface area (Å²) in [7, 11) is 0. The highest BCUT2D eigenvalue weighted by Gasteiger charge is 2.40. The first-order valence-electron chi connectivity index (χ1n) is 11.5. The number of rotatable bonds is 9. The lowest BCUT2D eigenvalue weighted by Gasteiger charge is -2.29. The molecule has 1 unspecified atom stereocenters. The third-order valence-corrected chi connectivity index (χ3v) is 6.69. The van der Waals surface area contributed by atoms with E-state index in [1.165, 1.54) is 4.90 Å². The number of ketones is 1. The molecular weight excluding hydrogens is 456 g/mol. The first-order valence-corrected chi connectivity index (χ1v) is 11.9. The van der Waals surface area contributed by atoms with Gasteiger partial charge in [0.1, 0.15) is 17.6 Å². The molecule has 0 aliphatic carbocycles. The van der Waals surface area contributed by atoms with Gasteiger partial charge in [0.15, 0.2) is 0 Å². The Balaban J connectivity index is 1.26. The number of Topliss-reactive ketones (excluding diaryl/α,β-unsaturated/α-hetero) is 1. The molecule has 2 aromatic rings. The molecule has 1 fully saturated rings. The van der Waals surface area contributed by atoms with E-state index in [4.69, 9.17) is 16.3 Å². The number of piperidine rings is 1. The average molecular weight is 483 g/mol. The zero-order valence-electron chi connectivity index (χ0n) is 19.1. The number of nitrogens with one attached hydrogen (secondary N) is 1. The van der Waals surface area contributed by atoms with E-state index in [0.717, 1.165) is 16.7 Å². The summed E-state index contributed by atoms with van der Waals surface area (Å²) in [6, 6.07) is 10.3. The number of fused-ring (bicyclic) bond motifs is 1. The number of amides is 3. The van der Waals surface area contributed by atoms with Gasteiger partial charge in [-0.2, -0.15) is 0 Å². The van der Waals surface area contributed by atoms with Gasteiger partial charge >= 0.3 is 0 Å². The van der Waals surface area contributed by atoms with Gasteiger partial charge in [0, 0.05) is 35.4 Å². The van der Waals surface area contributed by atoms with E-state index >= 15 is 0 Å². The lowest BCUT2D eigenvalue weighted by atomic mass is 10.0. The van der Waals surface area contributed by atoms with Crippen molar-refractivity contribution in [3.05, 3.63) is 63.7 Å². The number of ether oxygens (including phenoxy) is 1. The molecular formula is C26H27ClN2O5. The Kier molecular flexibility index (Phi) is 7.32. The van der Waals surface area contributed by atoms with Gasteiger partial charge < -0.3 is 9.64 Å². The summed E-state index contributed by atoms with van der Waals surface area (Å²) >= 11 is 6.13. The highest BCUT2D eigenvalue weighted by Crippen LogP contribution is 2.33. The molecule has 178 valence electrons. The molecule has 0 radical (unpaired) electrons. The molecule has 34 heavy (non-hydrogen) atoms. The first-order chi connectivity index (χ1) is 16.3. The Morgan fingerprint density at radius 1 is 1.18 bits per heavy atom. The highest BCUT2D eigenvalue weighted by atomic mass is 35.5. The smallest absolute Gasteiger partial charge is 0.255 e. The highest BCUT2D eigenvalue weighted by molar-refractivity contribution is 6.31. The quantitative estimate of drug-likeness (QED) is 0.434. The van der Waals surface area contributed by atoms with E-state index in [2.05, 4.69) is 5.32 Å². The van der Waals surface area contributed by atoms with Crippen molar-refractivity contribution in [2.24, 2.45) is 0 Å². The van der Waals surface area contributed by atoms with Gasteiger partial charge in [0.2, 0.25) is 11.8 Å². The molecule has 2 heterocycles. The van der Waals surface area contributed by atoms with Crippen LogP contribution in [-0.4, -0.2) is 41.1 Å². The number of imide groups is 1. The van der Waals surface area contributed by atoms with Crippen molar-refractivity contribution >= 4 is 35.1 Å². The zero-order valence-corrected chi connectivity index (χ0v) is 19.8. The van der Waals surface area contributed by atoms with Gasteiger partial charge in [-0.05, 0) is 55.5 Å². The minimum Gasteiger partial charge on any atom is -0.493 e. The number of halogens is 1. The normalized spacial score (nSPS) is 17.5. The van der Waals surface area contributed by atoms with Crippen LogP contribution in [0.3, 0.4) is 0 Å². The molecule has 3 amide bonds. The fourth-order valence-electron chi connectivity index (χ4n) is 4.36. The average Bonchev–Trinajstić information content (AvgIpc) is 3.13. The molecule has 4 rings (SSSR count). The Labute approximate surface area is 203 Å². The van der Waals surface area contributed by atoms with Gasteiger partial charge in [-0.25, -0.2) is 0 Å². The van der Waals surface area contributed by atoms with Gasteiger partial charge in [-0.3, -0.25) is 24.5 Å². The standard InChI is InChI=1S/C26H27ClN2O5/c1-16-8-9-17(14-21(16)27)13-18(30)5-2-3-12-34-23-7-4-6-19-20(23)15-29(26(19)33)22-10-11-24(31)28-25(22)32/h4,6-9,14,22H,2-3,5,10-13,15H2,1H3,(H,28,31,32). The van der Waals surface area contributed by atoms with Crippen LogP contribution in [0.1, 0.15) is 59.2 Å². The second-order valence-electron chi connectivity index (χ2n) is 8.79. The van der Waals surface area contributed by atoms with Crippen molar-refractivity contribution in [2.45, 2.75) is 58.0 Å². The van der Waals surface area contributed by atoms with E-state index in [1.54, 1.807) is 12.1 Å². The van der Waals surface area contributed by atoms with E-state index in [9.17, 15) is 19.2 Å².